The van der Waals surface area contributed by atoms with E-state index in [-0.39, 0.29) is 6.29 Å². The minimum absolute atomic E-state index is 0.0935. The van der Waals surface area contributed by atoms with E-state index in [1.54, 1.807) is 0 Å². The van der Waals surface area contributed by atoms with E-state index >= 15 is 0 Å². The average molecular weight is 504 g/mol. The Morgan fingerprint density at radius 1 is 0.935 bits per heavy atom. The van der Waals surface area contributed by atoms with Crippen LogP contribution in [0.15, 0.2) is 0 Å². The normalized spacial score (nSPS) is 19.0. The van der Waals surface area contributed by atoms with Gasteiger partial charge in [-0.15, -0.1) is 0 Å². The van der Waals surface area contributed by atoms with E-state index in [1.807, 2.05) is 0 Å². The van der Waals surface area contributed by atoms with Crippen molar-refractivity contribution < 1.29 is 79.6 Å². The van der Waals surface area contributed by atoms with E-state index in [1.165, 1.54) is 6.92 Å². The highest BCUT2D eigenvalue weighted by Gasteiger charge is 2.36. The van der Waals surface area contributed by atoms with Crippen LogP contribution >= 0.6 is 0 Å². The second kappa shape index (κ2) is 14.1. The Hall–Kier alpha value is -1.20. The van der Waals surface area contributed by atoms with Gasteiger partial charge in [-0.2, -0.15) is 16.8 Å². The third-order valence-electron chi connectivity index (χ3n) is 3.12. The topological polar surface area (TPSA) is 303 Å². The first-order chi connectivity index (χ1) is 13.9. The van der Waals surface area contributed by atoms with Gasteiger partial charge in [0.2, 0.25) is 0 Å². The molecule has 0 aliphatic carbocycles. The second-order valence-electron chi connectivity index (χ2n) is 5.69. The van der Waals surface area contributed by atoms with Gasteiger partial charge in [0.25, 0.3) is 0 Å². The molecule has 0 unspecified atom stereocenters. The lowest BCUT2D eigenvalue weighted by Gasteiger charge is -2.23. The van der Waals surface area contributed by atoms with E-state index in [0.717, 1.165) is 0 Å². The number of ketones is 1. The van der Waals surface area contributed by atoms with Crippen LogP contribution in [0.4, 0.5) is 0 Å². The van der Waals surface area contributed by atoms with E-state index in [2.05, 4.69) is 8.37 Å². The van der Waals surface area contributed by atoms with Gasteiger partial charge in [-0.3, -0.25) is 13.9 Å². The SMILES string of the molecule is C[C@H](O)[C@@H](O)[C@@H](O)[C@H](O)C=O.O=C(COS(=O)(=O)O)[C@@H](O)[C@H](OS(=O)(=O)O)[C@H](O)CO. The Morgan fingerprint density at radius 2 is 1.42 bits per heavy atom. The van der Waals surface area contributed by atoms with Gasteiger partial charge in [0, 0.05) is 0 Å². The number of carbonyl (C=O) groups is 2. The number of aliphatic hydroxyl groups is 7. The number of rotatable bonds is 13. The first-order valence-corrected chi connectivity index (χ1v) is 10.6. The molecule has 186 valence electrons. The van der Waals surface area contributed by atoms with Gasteiger partial charge in [0.05, 0.1) is 12.7 Å². The lowest BCUT2D eigenvalue weighted by Crippen LogP contribution is -2.47. The van der Waals surface area contributed by atoms with Crippen LogP contribution in [-0.4, -0.2) is 130 Å². The minimum Gasteiger partial charge on any atom is -0.394 e. The molecule has 31 heavy (non-hydrogen) atoms. The standard InChI is InChI=1S/C6H12O12S2.C6H12O5/c7-1-3(8)6(18-20(14,15)16)5(10)4(9)2-17-19(11,12)13;1-3(8)5(10)6(11)4(9)2-7/h3,5-8,10H,1-2H2,(H,11,12,13)(H,14,15,16);2-6,8-11H,1H3/t3-,5-,6-;3-,4+,5+,6-/m10/s1. The second-order valence-corrected chi connectivity index (χ2v) is 7.83. The van der Waals surface area contributed by atoms with Crippen LogP contribution < -0.4 is 0 Å². The molecule has 0 bridgehead atoms. The lowest BCUT2D eigenvalue weighted by atomic mass is 10.1. The summed E-state index contributed by atoms with van der Waals surface area (Å²) in [4.78, 5) is 21.1. The molecule has 0 aliphatic heterocycles. The maximum absolute atomic E-state index is 11.2. The number of Topliss-reactive ketones (excluding diaryl/α,β-unsaturated/α-hetero) is 1. The molecular weight excluding hydrogens is 480 g/mol. The van der Waals surface area contributed by atoms with Crippen LogP contribution in [0.1, 0.15) is 6.92 Å². The fourth-order valence-electron chi connectivity index (χ4n) is 1.54. The number of carbonyl (C=O) groups excluding carboxylic acids is 2. The van der Waals surface area contributed by atoms with Crippen molar-refractivity contribution in [2.75, 3.05) is 13.2 Å². The van der Waals surface area contributed by atoms with E-state index in [9.17, 15) is 31.5 Å². The average Bonchev–Trinajstić information content (AvgIpc) is 2.66. The molecule has 17 nitrogen and oxygen atoms in total. The van der Waals surface area contributed by atoms with Crippen LogP contribution in [0.3, 0.4) is 0 Å². The van der Waals surface area contributed by atoms with Crippen molar-refractivity contribution in [3.63, 3.8) is 0 Å². The van der Waals surface area contributed by atoms with E-state index in [4.69, 9.17) is 39.7 Å². The minimum atomic E-state index is -5.19. The Kier molecular flexibility index (Phi) is 14.5. The summed E-state index contributed by atoms with van der Waals surface area (Å²) in [6.45, 7) is -1.31. The molecule has 0 saturated carbocycles. The molecule has 0 aromatic carbocycles. The van der Waals surface area contributed by atoms with Crippen molar-refractivity contribution >= 4 is 32.9 Å². The van der Waals surface area contributed by atoms with Crippen LogP contribution in [0.25, 0.3) is 0 Å². The molecule has 0 amide bonds. The smallest absolute Gasteiger partial charge is 0.394 e. The number of aldehydes is 1. The fourth-order valence-corrected chi connectivity index (χ4v) is 2.32. The Balaban J connectivity index is 0. The summed E-state index contributed by atoms with van der Waals surface area (Å²) >= 11 is 0. The third-order valence-corrected chi connectivity index (χ3v) is 4.00. The van der Waals surface area contributed by atoms with Crippen LogP contribution in [0.2, 0.25) is 0 Å². The summed E-state index contributed by atoms with van der Waals surface area (Å²) in [5.74, 6) is -1.51. The van der Waals surface area contributed by atoms with Gasteiger partial charge in [-0.05, 0) is 6.92 Å². The van der Waals surface area contributed by atoms with Gasteiger partial charge in [0.1, 0.15) is 43.2 Å². The maximum atomic E-state index is 11.2. The predicted molar refractivity (Wildman–Crippen MR) is 93.8 cm³/mol. The van der Waals surface area contributed by atoms with Crippen molar-refractivity contribution in [2.24, 2.45) is 0 Å². The summed E-state index contributed by atoms with van der Waals surface area (Å²) in [6.07, 6.45) is -12.8. The third kappa shape index (κ3) is 14.5. The van der Waals surface area contributed by atoms with Crippen molar-refractivity contribution in [1.82, 2.24) is 0 Å². The molecule has 0 saturated heterocycles. The molecule has 0 aromatic rings. The fraction of sp³-hybridized carbons (Fsp3) is 0.833. The zero-order valence-electron chi connectivity index (χ0n) is 15.6. The summed E-state index contributed by atoms with van der Waals surface area (Å²) in [6, 6.07) is 0. The predicted octanol–water partition coefficient (Wildman–Crippen LogP) is -6.07. The van der Waals surface area contributed by atoms with Crippen molar-refractivity contribution in [3.8, 4) is 0 Å². The highest BCUT2D eigenvalue weighted by Crippen LogP contribution is 2.10. The first-order valence-electron chi connectivity index (χ1n) is 7.82. The quantitative estimate of drug-likeness (QED) is 0.0832. The molecule has 0 radical (unpaired) electrons. The van der Waals surface area contributed by atoms with Crippen LogP contribution in [0, 0.1) is 0 Å². The largest absolute Gasteiger partial charge is 0.397 e. The van der Waals surface area contributed by atoms with Crippen LogP contribution in [0.5, 0.6) is 0 Å². The maximum Gasteiger partial charge on any atom is 0.397 e. The summed E-state index contributed by atoms with van der Waals surface area (Å²) in [5.41, 5.74) is 0. The van der Waals surface area contributed by atoms with Crippen molar-refractivity contribution in [1.29, 1.82) is 0 Å². The van der Waals surface area contributed by atoms with Gasteiger partial charge < -0.3 is 40.5 Å². The van der Waals surface area contributed by atoms with Gasteiger partial charge >= 0.3 is 20.8 Å². The molecule has 0 aliphatic rings. The molecule has 0 heterocycles. The number of hydrogen-bond donors (Lipinski definition) is 9. The number of hydrogen-bond acceptors (Lipinski definition) is 15. The lowest BCUT2D eigenvalue weighted by molar-refractivity contribution is -0.140. The molecule has 7 atom stereocenters. The number of aliphatic hydroxyl groups excluding tert-OH is 7. The molecule has 19 heteroatoms. The highest BCUT2D eigenvalue weighted by molar-refractivity contribution is 7.81. The first kappa shape index (κ1) is 32.0. The highest BCUT2D eigenvalue weighted by atomic mass is 32.3. The molecule has 0 fully saturated rings. The van der Waals surface area contributed by atoms with Gasteiger partial charge in [0.15, 0.2) is 12.1 Å². The summed E-state index contributed by atoms with van der Waals surface area (Å²) < 4.78 is 65.3. The molecule has 0 spiro atoms. The van der Waals surface area contributed by atoms with Crippen LogP contribution in [-0.2, 0) is 38.8 Å². The zero-order valence-corrected chi connectivity index (χ0v) is 17.3. The zero-order chi connectivity index (χ0) is 25.2. The summed E-state index contributed by atoms with van der Waals surface area (Å²) in [5, 5.41) is 62.2. The van der Waals surface area contributed by atoms with Gasteiger partial charge in [-0.1, -0.05) is 0 Å². The van der Waals surface area contributed by atoms with E-state index in [0.29, 0.717) is 0 Å². The summed E-state index contributed by atoms with van der Waals surface area (Å²) in [7, 11) is -10.2. The molecule has 0 rings (SSSR count). The Bertz CT molecular complexity index is 747. The van der Waals surface area contributed by atoms with Crippen molar-refractivity contribution in [2.45, 2.75) is 49.7 Å². The Morgan fingerprint density at radius 3 is 1.74 bits per heavy atom. The van der Waals surface area contributed by atoms with Gasteiger partial charge in [-0.25, -0.2) is 8.37 Å². The Labute approximate surface area is 176 Å². The molecule has 9 N–H and O–H groups in total. The monoisotopic (exact) mass is 504 g/mol. The van der Waals surface area contributed by atoms with Crippen molar-refractivity contribution in [3.05, 3.63) is 0 Å². The molecule has 0 aromatic heterocycles. The molecular formula is C12H24O17S2. The van der Waals surface area contributed by atoms with E-state index < -0.39 is 82.5 Å².